The van der Waals surface area contributed by atoms with E-state index in [1.54, 1.807) is 68.4 Å². The lowest BCUT2D eigenvalue weighted by molar-refractivity contribution is -0.185. The normalized spacial score (nSPS) is 20.6. The Bertz CT molecular complexity index is 2400. The summed E-state index contributed by atoms with van der Waals surface area (Å²) < 4.78 is 11.3. The predicted molar refractivity (Wildman–Crippen MR) is 232 cm³/mol. The quantitative estimate of drug-likeness (QED) is 0.0511. The summed E-state index contributed by atoms with van der Waals surface area (Å²) in [7, 11) is 0. The second kappa shape index (κ2) is 22.0. The van der Waals surface area contributed by atoms with Gasteiger partial charge in [0.25, 0.3) is 11.8 Å². The van der Waals surface area contributed by atoms with Gasteiger partial charge in [-0.1, -0.05) is 56.3 Å². The number of alkyl carbamates (subject to hydrolysis) is 1. The molecule has 7 amide bonds. The first-order valence-electron chi connectivity index (χ1n) is 21.0. The lowest BCUT2D eigenvalue weighted by Gasteiger charge is -2.43. The highest BCUT2D eigenvalue weighted by Gasteiger charge is 2.46. The summed E-state index contributed by atoms with van der Waals surface area (Å²) in [6.07, 6.45) is -2.06. The van der Waals surface area contributed by atoms with Crippen LogP contribution in [0.15, 0.2) is 79.4 Å². The van der Waals surface area contributed by atoms with Gasteiger partial charge in [-0.15, -0.1) is 0 Å². The van der Waals surface area contributed by atoms with Crippen LogP contribution in [0.5, 0.6) is 0 Å². The van der Waals surface area contributed by atoms with Crippen molar-refractivity contribution >= 4 is 64.2 Å². The smallest absolute Gasteiger partial charge is 0.408 e. The molecule has 4 heterocycles. The summed E-state index contributed by atoms with van der Waals surface area (Å²) in [5.74, 6) is -3.71. The van der Waals surface area contributed by atoms with Crippen molar-refractivity contribution in [1.29, 1.82) is 0 Å². The number of rotatable bonds is 19. The van der Waals surface area contributed by atoms with Crippen molar-refractivity contribution < 1.29 is 58.4 Å². The first-order valence-corrected chi connectivity index (χ1v) is 21.0. The minimum Gasteiger partial charge on any atom is -0.445 e. The van der Waals surface area contributed by atoms with Gasteiger partial charge < -0.3 is 61.7 Å². The molecule has 8 atom stereocenters. The summed E-state index contributed by atoms with van der Waals surface area (Å²) >= 11 is 0. The summed E-state index contributed by atoms with van der Waals surface area (Å²) in [4.78, 5) is 105. The number of aromatic amines is 1. The number of carbonyl (C=O) groups excluding carboxylic acids is 7. The molecule has 0 saturated carbocycles. The van der Waals surface area contributed by atoms with E-state index in [1.807, 2.05) is 0 Å². The summed E-state index contributed by atoms with van der Waals surface area (Å²) in [5, 5.41) is 48.4. The van der Waals surface area contributed by atoms with Gasteiger partial charge in [-0.3, -0.25) is 33.7 Å². The number of aromatic nitrogens is 4. The zero-order valence-electron chi connectivity index (χ0n) is 36.0. The van der Waals surface area contributed by atoms with Crippen molar-refractivity contribution in [2.75, 3.05) is 23.8 Å². The molecule has 1 fully saturated rings. The molecule has 23 nitrogen and oxygen atoms in total. The fraction of sp³-hybridized carbons (Fsp3) is 0.395. The number of aliphatic hydroxyl groups is 3. The first-order chi connectivity index (χ1) is 31.6. The molecular formula is C43H51N11O12. The number of carbonyl (C=O) groups is 7. The number of nitrogens with one attached hydrogen (secondary N) is 7. The summed E-state index contributed by atoms with van der Waals surface area (Å²) in [6.45, 7) is 3.82. The van der Waals surface area contributed by atoms with Crippen LogP contribution in [0, 0.1) is 5.92 Å². The molecule has 23 heteroatoms. The number of nitrogens with zero attached hydrogens (tertiary/aromatic N) is 4. The van der Waals surface area contributed by atoms with Crippen LogP contribution in [0.2, 0.25) is 0 Å². The van der Waals surface area contributed by atoms with Crippen LogP contribution in [0.25, 0.3) is 11.2 Å². The number of hydrogen-bond acceptors (Lipinski definition) is 16. The van der Waals surface area contributed by atoms with Crippen LogP contribution >= 0.6 is 0 Å². The standard InChI is InChI=1S/C43H51N11O12/c1-22(2)32(51-29(56)15-16-54-30(57)13-14-31(54)58)41(63)48-23(3)39(61)49-26-11-9-25(10-12-26)19-65-43(64)50-27(17-24-7-5-4-6-8-24)40(62)52-33-28(18-55)66-42(36(60)35(33)59)53-38-34-37(45-20-44-34)46-21-47-38/h4-14,20-23,27-28,32-33,35-36,42,55,59-60H,15-19H2,1-3H3,(H,48,63)(H,49,61)(H,50,64)(H,51,56)(H,52,62)(H2,44,45,46,47,53)/t23-,27+,28-,32-,33?,35+,36-,42-/m0/s1. The topological polar surface area (TPSA) is 329 Å². The molecule has 0 bridgehead atoms. The number of amides is 7. The van der Waals surface area contributed by atoms with Crippen LogP contribution in [0.4, 0.5) is 16.3 Å². The van der Waals surface area contributed by atoms with Gasteiger partial charge in [0.05, 0.1) is 19.0 Å². The fourth-order valence-corrected chi connectivity index (χ4v) is 7.03. The fourth-order valence-electron chi connectivity index (χ4n) is 7.03. The molecule has 2 aromatic heterocycles. The molecule has 2 aliphatic rings. The number of imide groups is 1. The molecule has 10 N–H and O–H groups in total. The maximum absolute atomic E-state index is 13.8. The average molecular weight is 914 g/mol. The van der Waals surface area contributed by atoms with E-state index in [1.165, 1.54) is 19.6 Å². The van der Waals surface area contributed by atoms with Crippen molar-refractivity contribution in [3.8, 4) is 0 Å². The van der Waals surface area contributed by atoms with E-state index < -0.39 is 96.9 Å². The van der Waals surface area contributed by atoms with Crippen molar-refractivity contribution in [2.24, 2.45) is 5.92 Å². The minimum absolute atomic E-state index is 0.000797. The Labute approximate surface area is 377 Å². The van der Waals surface area contributed by atoms with Gasteiger partial charge in [0, 0.05) is 37.2 Å². The minimum atomic E-state index is -1.65. The number of fused-ring (bicyclic) bond motifs is 1. The van der Waals surface area contributed by atoms with Crippen LogP contribution < -0.4 is 31.9 Å². The van der Waals surface area contributed by atoms with Gasteiger partial charge in [0.1, 0.15) is 54.9 Å². The Morgan fingerprint density at radius 3 is 2.24 bits per heavy atom. The molecule has 2 aliphatic heterocycles. The maximum atomic E-state index is 13.8. The Balaban J connectivity index is 0.992. The van der Waals surface area contributed by atoms with E-state index in [0.717, 1.165) is 17.1 Å². The average Bonchev–Trinajstić information content (AvgIpc) is 3.92. The number of imidazole rings is 1. The number of benzene rings is 2. The van der Waals surface area contributed by atoms with Gasteiger partial charge in [-0.2, -0.15) is 0 Å². The van der Waals surface area contributed by atoms with Crippen LogP contribution in [-0.4, -0.2) is 144 Å². The summed E-state index contributed by atoms with van der Waals surface area (Å²) in [5.41, 5.74) is 2.29. The lowest BCUT2D eigenvalue weighted by atomic mass is 9.94. The van der Waals surface area contributed by atoms with Gasteiger partial charge in [0.15, 0.2) is 17.7 Å². The molecule has 0 radical (unpaired) electrons. The third-order valence-electron chi connectivity index (χ3n) is 10.7. The highest BCUT2D eigenvalue weighted by atomic mass is 16.6. The highest BCUT2D eigenvalue weighted by Crippen LogP contribution is 2.25. The van der Waals surface area contributed by atoms with Crippen molar-refractivity contribution in [3.63, 3.8) is 0 Å². The molecule has 2 aromatic carbocycles. The van der Waals surface area contributed by atoms with E-state index in [4.69, 9.17) is 9.47 Å². The van der Waals surface area contributed by atoms with Crippen LogP contribution in [0.1, 0.15) is 38.3 Å². The van der Waals surface area contributed by atoms with Crippen molar-refractivity contribution in [1.82, 2.24) is 46.1 Å². The molecule has 1 saturated heterocycles. The second-order valence-corrected chi connectivity index (χ2v) is 15.8. The largest absolute Gasteiger partial charge is 0.445 e. The van der Waals surface area contributed by atoms with Crippen molar-refractivity contribution in [3.05, 3.63) is 90.5 Å². The number of aliphatic hydroxyl groups excluding tert-OH is 3. The lowest BCUT2D eigenvalue weighted by Crippen LogP contribution is -2.67. The number of anilines is 2. The SMILES string of the molecule is CC(C)[C@H](NC(=O)CCN1C(=O)C=CC1=O)C(=O)N[C@@H](C)C(=O)Nc1ccc(COC(=O)N[C@H](Cc2ccccc2)C(=O)NC2[C@H](CO)O[C@H](Nc3ncnc4nc[nH]c34)[C@@H](O)[C@@H]2O)cc1. The first kappa shape index (κ1) is 48.1. The van der Waals surface area contributed by atoms with Crippen LogP contribution in [-0.2, 0) is 51.3 Å². The Morgan fingerprint density at radius 2 is 1.56 bits per heavy atom. The second-order valence-electron chi connectivity index (χ2n) is 15.8. The molecule has 4 aromatic rings. The number of hydrogen-bond donors (Lipinski definition) is 10. The number of H-pyrrole nitrogens is 1. The Hall–Kier alpha value is -7.34. The zero-order valence-corrected chi connectivity index (χ0v) is 36.0. The van der Waals surface area contributed by atoms with E-state index in [2.05, 4.69) is 51.8 Å². The Morgan fingerprint density at radius 1 is 0.848 bits per heavy atom. The van der Waals surface area contributed by atoms with Gasteiger partial charge in [-0.05, 0) is 36.1 Å². The molecular weight excluding hydrogens is 863 g/mol. The Kier molecular flexibility index (Phi) is 16.1. The third kappa shape index (κ3) is 12.3. The van der Waals surface area contributed by atoms with Gasteiger partial charge in [-0.25, -0.2) is 19.7 Å². The third-order valence-corrected chi connectivity index (χ3v) is 10.7. The monoisotopic (exact) mass is 913 g/mol. The predicted octanol–water partition coefficient (Wildman–Crippen LogP) is -0.875. The molecule has 1 unspecified atom stereocenters. The molecule has 0 aliphatic carbocycles. The van der Waals surface area contributed by atoms with Crippen molar-refractivity contribution in [2.45, 2.75) is 88.9 Å². The van der Waals surface area contributed by atoms with E-state index in [0.29, 0.717) is 28.0 Å². The van der Waals surface area contributed by atoms with E-state index >= 15 is 0 Å². The zero-order chi connectivity index (χ0) is 47.5. The summed E-state index contributed by atoms with van der Waals surface area (Å²) in [6, 6.07) is 10.4. The molecule has 66 heavy (non-hydrogen) atoms. The highest BCUT2D eigenvalue weighted by molar-refractivity contribution is 6.13. The maximum Gasteiger partial charge on any atom is 0.408 e. The molecule has 350 valence electrons. The molecule has 6 rings (SSSR count). The van der Waals surface area contributed by atoms with Gasteiger partial charge >= 0.3 is 6.09 Å². The van der Waals surface area contributed by atoms with E-state index in [9.17, 15) is 48.9 Å². The molecule has 0 spiro atoms. The van der Waals surface area contributed by atoms with E-state index in [-0.39, 0.29) is 37.7 Å². The van der Waals surface area contributed by atoms with Crippen LogP contribution in [0.3, 0.4) is 0 Å². The van der Waals surface area contributed by atoms with Gasteiger partial charge in [0.2, 0.25) is 23.6 Å². The number of ether oxygens (including phenoxy) is 2.